The monoisotopic (exact) mass is 215 g/mol. The fourth-order valence-electron chi connectivity index (χ4n) is 2.05. The minimum absolute atomic E-state index is 0.409. The minimum Gasteiger partial charge on any atom is -0.351 e. The molecule has 1 atom stereocenters. The van der Waals surface area contributed by atoms with Gasteiger partial charge in [-0.3, -0.25) is 4.68 Å². The van der Waals surface area contributed by atoms with Gasteiger partial charge in [0.1, 0.15) is 0 Å². The van der Waals surface area contributed by atoms with Crippen molar-refractivity contribution in [2.45, 2.75) is 25.4 Å². The van der Waals surface area contributed by atoms with Crippen molar-refractivity contribution < 1.29 is 0 Å². The van der Waals surface area contributed by atoms with Gasteiger partial charge in [-0.25, -0.2) is 9.97 Å². The van der Waals surface area contributed by atoms with Crippen molar-refractivity contribution in [1.29, 1.82) is 0 Å². The summed E-state index contributed by atoms with van der Waals surface area (Å²) in [5, 5.41) is 7.60. The minimum atomic E-state index is 0.409. The Hall–Kier alpha value is -1.91. The van der Waals surface area contributed by atoms with Gasteiger partial charge in [0.05, 0.1) is 0 Å². The molecule has 0 spiro atoms. The molecule has 2 aromatic rings. The van der Waals surface area contributed by atoms with Crippen LogP contribution in [0.5, 0.6) is 0 Å². The quantitative estimate of drug-likeness (QED) is 0.815. The first-order valence-electron chi connectivity index (χ1n) is 5.46. The Kier molecular flexibility index (Phi) is 2.29. The van der Waals surface area contributed by atoms with Gasteiger partial charge in [-0.15, -0.1) is 0 Å². The second-order valence-electron chi connectivity index (χ2n) is 3.95. The average molecular weight is 215 g/mol. The molecule has 1 aliphatic rings. The summed E-state index contributed by atoms with van der Waals surface area (Å²) in [4.78, 5) is 8.34. The molecule has 5 nitrogen and oxygen atoms in total. The topological polar surface area (TPSA) is 55.6 Å². The molecule has 3 heterocycles. The van der Waals surface area contributed by atoms with Crippen molar-refractivity contribution in [3.05, 3.63) is 36.4 Å². The highest BCUT2D eigenvalue weighted by Gasteiger charge is 2.18. The van der Waals surface area contributed by atoms with Crippen LogP contribution in [0.15, 0.2) is 30.7 Å². The lowest BCUT2D eigenvalue weighted by molar-refractivity contribution is 0.454. The van der Waals surface area contributed by atoms with Crippen LogP contribution < -0.4 is 5.32 Å². The molecular formula is C11H13N5. The fraction of sp³-hybridized carbons (Fsp3) is 0.364. The molecule has 0 saturated heterocycles. The highest BCUT2D eigenvalue weighted by atomic mass is 15.3. The van der Waals surface area contributed by atoms with Crippen LogP contribution in [0.4, 0.5) is 5.95 Å². The summed E-state index contributed by atoms with van der Waals surface area (Å²) >= 11 is 0. The molecule has 0 radical (unpaired) electrons. The zero-order chi connectivity index (χ0) is 10.8. The van der Waals surface area contributed by atoms with E-state index in [1.807, 2.05) is 12.3 Å². The van der Waals surface area contributed by atoms with Crippen LogP contribution in [-0.4, -0.2) is 25.8 Å². The van der Waals surface area contributed by atoms with Crippen LogP contribution in [0.25, 0.3) is 0 Å². The predicted octanol–water partition coefficient (Wildman–Crippen LogP) is 1.10. The third-order valence-corrected chi connectivity index (χ3v) is 2.85. The summed E-state index contributed by atoms with van der Waals surface area (Å²) in [6.45, 7) is 0.965. The summed E-state index contributed by atoms with van der Waals surface area (Å²) < 4.78 is 2.06. The Morgan fingerprint density at radius 1 is 1.25 bits per heavy atom. The highest BCUT2D eigenvalue weighted by Crippen LogP contribution is 2.16. The van der Waals surface area contributed by atoms with E-state index >= 15 is 0 Å². The van der Waals surface area contributed by atoms with Gasteiger partial charge in [0.2, 0.25) is 5.95 Å². The van der Waals surface area contributed by atoms with Gasteiger partial charge in [0.25, 0.3) is 0 Å². The van der Waals surface area contributed by atoms with E-state index in [0.29, 0.717) is 12.0 Å². The molecule has 82 valence electrons. The number of nitrogens with one attached hydrogen (secondary N) is 1. The highest BCUT2D eigenvalue weighted by molar-refractivity contribution is 5.25. The number of aryl methyl sites for hydroxylation is 1. The summed E-state index contributed by atoms with van der Waals surface area (Å²) in [5.41, 5.74) is 1.28. The number of aromatic nitrogens is 4. The van der Waals surface area contributed by atoms with Crippen molar-refractivity contribution in [3.8, 4) is 0 Å². The van der Waals surface area contributed by atoms with E-state index in [0.717, 1.165) is 19.4 Å². The lowest BCUT2D eigenvalue weighted by Gasteiger charge is -2.24. The second kappa shape index (κ2) is 3.92. The number of rotatable bonds is 2. The molecule has 0 aromatic carbocycles. The van der Waals surface area contributed by atoms with Crippen LogP contribution in [0.2, 0.25) is 0 Å². The molecule has 0 bridgehead atoms. The first-order chi connectivity index (χ1) is 7.92. The lowest BCUT2D eigenvalue weighted by atomic mass is 10.0. The Bertz CT molecular complexity index is 464. The largest absolute Gasteiger partial charge is 0.351 e. The van der Waals surface area contributed by atoms with Crippen molar-refractivity contribution in [2.75, 3.05) is 5.32 Å². The molecule has 0 amide bonds. The standard InChI is InChI=1S/C11H13N5/c1-4-12-11(13-5-1)15-9-3-7-16-10(8-9)2-6-14-16/h1-2,4-6,9H,3,7-8H2,(H,12,13,15). The van der Waals surface area contributed by atoms with Crippen molar-refractivity contribution >= 4 is 5.95 Å². The summed E-state index contributed by atoms with van der Waals surface area (Å²) in [5.74, 6) is 0.709. The molecule has 2 aromatic heterocycles. The Balaban J connectivity index is 1.71. The van der Waals surface area contributed by atoms with E-state index in [1.165, 1.54) is 5.69 Å². The maximum Gasteiger partial charge on any atom is 0.222 e. The van der Waals surface area contributed by atoms with Crippen molar-refractivity contribution in [3.63, 3.8) is 0 Å². The molecule has 1 aliphatic heterocycles. The van der Waals surface area contributed by atoms with Gasteiger partial charge in [0.15, 0.2) is 0 Å². The van der Waals surface area contributed by atoms with Crippen LogP contribution in [0, 0.1) is 0 Å². The molecule has 1 N–H and O–H groups in total. The van der Waals surface area contributed by atoms with E-state index in [-0.39, 0.29) is 0 Å². The van der Waals surface area contributed by atoms with E-state index in [2.05, 4.69) is 31.1 Å². The third kappa shape index (κ3) is 1.76. The molecule has 0 fully saturated rings. The maximum absolute atomic E-state index is 4.26. The van der Waals surface area contributed by atoms with Gasteiger partial charge in [0, 0.05) is 43.3 Å². The number of nitrogens with zero attached hydrogens (tertiary/aromatic N) is 4. The van der Waals surface area contributed by atoms with E-state index < -0.39 is 0 Å². The van der Waals surface area contributed by atoms with Gasteiger partial charge < -0.3 is 5.32 Å². The van der Waals surface area contributed by atoms with Crippen LogP contribution in [0.1, 0.15) is 12.1 Å². The Morgan fingerprint density at radius 2 is 2.12 bits per heavy atom. The molecule has 0 aliphatic carbocycles. The van der Waals surface area contributed by atoms with Crippen molar-refractivity contribution in [1.82, 2.24) is 19.7 Å². The number of hydrogen-bond donors (Lipinski definition) is 1. The Morgan fingerprint density at radius 3 is 3.00 bits per heavy atom. The average Bonchev–Trinajstić information content (AvgIpc) is 2.77. The van der Waals surface area contributed by atoms with Gasteiger partial charge in [-0.1, -0.05) is 0 Å². The second-order valence-corrected chi connectivity index (χ2v) is 3.95. The zero-order valence-corrected chi connectivity index (χ0v) is 8.87. The molecule has 1 unspecified atom stereocenters. The molecule has 16 heavy (non-hydrogen) atoms. The SMILES string of the molecule is c1cnc(NC2CCn3nccc3C2)nc1. The fourth-order valence-corrected chi connectivity index (χ4v) is 2.05. The van der Waals surface area contributed by atoms with E-state index in [9.17, 15) is 0 Å². The first kappa shape index (κ1) is 9.33. The molecular weight excluding hydrogens is 202 g/mol. The lowest BCUT2D eigenvalue weighted by Crippen LogP contribution is -2.30. The maximum atomic E-state index is 4.26. The molecule has 3 rings (SSSR count). The first-order valence-corrected chi connectivity index (χ1v) is 5.46. The number of hydrogen-bond acceptors (Lipinski definition) is 4. The van der Waals surface area contributed by atoms with Crippen LogP contribution >= 0.6 is 0 Å². The molecule has 5 heteroatoms. The van der Waals surface area contributed by atoms with Gasteiger partial charge in [-0.05, 0) is 18.6 Å². The van der Waals surface area contributed by atoms with E-state index in [1.54, 1.807) is 12.4 Å². The number of anilines is 1. The smallest absolute Gasteiger partial charge is 0.222 e. The summed E-state index contributed by atoms with van der Waals surface area (Å²) in [6, 6.07) is 4.30. The van der Waals surface area contributed by atoms with E-state index in [4.69, 9.17) is 0 Å². The Labute approximate surface area is 93.5 Å². The third-order valence-electron chi connectivity index (χ3n) is 2.85. The van der Waals surface area contributed by atoms with Crippen LogP contribution in [-0.2, 0) is 13.0 Å². The van der Waals surface area contributed by atoms with Gasteiger partial charge in [-0.2, -0.15) is 5.10 Å². The predicted molar refractivity (Wildman–Crippen MR) is 60.0 cm³/mol. The van der Waals surface area contributed by atoms with Crippen molar-refractivity contribution in [2.24, 2.45) is 0 Å². The van der Waals surface area contributed by atoms with Crippen LogP contribution in [0.3, 0.4) is 0 Å². The zero-order valence-electron chi connectivity index (χ0n) is 8.87. The number of fused-ring (bicyclic) bond motifs is 1. The summed E-state index contributed by atoms with van der Waals surface area (Å²) in [6.07, 6.45) is 7.41. The molecule has 0 saturated carbocycles. The van der Waals surface area contributed by atoms with Gasteiger partial charge >= 0.3 is 0 Å². The summed E-state index contributed by atoms with van der Waals surface area (Å²) in [7, 11) is 0. The normalized spacial score (nSPS) is 19.1.